The first kappa shape index (κ1) is 15.3. The van der Waals surface area contributed by atoms with E-state index >= 15 is 0 Å². The number of carbonyl (C=O) groups is 2. The molecule has 0 spiro atoms. The van der Waals surface area contributed by atoms with Gasteiger partial charge in [-0.1, -0.05) is 0 Å². The topological polar surface area (TPSA) is 76.1 Å². The summed E-state index contributed by atoms with van der Waals surface area (Å²) in [6.07, 6.45) is 2.96. The van der Waals surface area contributed by atoms with Crippen molar-refractivity contribution in [3.63, 3.8) is 0 Å². The van der Waals surface area contributed by atoms with Gasteiger partial charge in [0.2, 0.25) is 0 Å². The van der Waals surface area contributed by atoms with Gasteiger partial charge in [-0.25, -0.2) is 0 Å². The van der Waals surface area contributed by atoms with Crippen LogP contribution < -0.4 is 0 Å². The zero-order valence-electron chi connectivity index (χ0n) is 11.9. The molecular formula is C14H23NO5. The number of carboxylic acid groups (broad SMARTS) is 1. The van der Waals surface area contributed by atoms with Crippen LogP contribution >= 0.6 is 0 Å². The zero-order valence-corrected chi connectivity index (χ0v) is 11.9. The number of amides is 1. The standard InChI is InChI=1S/C14H23NO5/c1-10(20-9-12-5-3-7-19-12)13(16)15-6-2-4-11(8-15)14(17)18/h10-12H,2-9H2,1H3,(H,17,18)/t10-,11+,12-/m0/s1. The van der Waals surface area contributed by atoms with Crippen molar-refractivity contribution in [1.29, 1.82) is 0 Å². The molecule has 0 aromatic rings. The Labute approximate surface area is 119 Å². The fraction of sp³-hybridized carbons (Fsp3) is 0.857. The molecule has 2 aliphatic heterocycles. The van der Waals surface area contributed by atoms with Gasteiger partial charge in [0, 0.05) is 19.7 Å². The Morgan fingerprint density at radius 1 is 1.40 bits per heavy atom. The molecule has 2 heterocycles. The van der Waals surface area contributed by atoms with Crippen LogP contribution in [0.2, 0.25) is 0 Å². The van der Waals surface area contributed by atoms with Gasteiger partial charge in [-0.3, -0.25) is 9.59 Å². The Balaban J connectivity index is 1.78. The number of carboxylic acids is 1. The number of rotatable bonds is 5. The molecule has 1 amide bonds. The third-order valence-electron chi connectivity index (χ3n) is 3.99. The highest BCUT2D eigenvalue weighted by molar-refractivity contribution is 5.81. The SMILES string of the molecule is C[C@H](OC[C@@H]1CCCO1)C(=O)N1CCC[C@@H](C(=O)O)C1. The average molecular weight is 285 g/mol. The van der Waals surface area contributed by atoms with Gasteiger partial charge in [-0.15, -0.1) is 0 Å². The maximum absolute atomic E-state index is 12.2. The van der Waals surface area contributed by atoms with Crippen molar-refractivity contribution in [2.75, 3.05) is 26.3 Å². The van der Waals surface area contributed by atoms with Crippen molar-refractivity contribution in [1.82, 2.24) is 4.90 Å². The van der Waals surface area contributed by atoms with E-state index in [4.69, 9.17) is 14.6 Å². The minimum absolute atomic E-state index is 0.0957. The third-order valence-corrected chi connectivity index (χ3v) is 3.99. The number of likely N-dealkylation sites (tertiary alicyclic amines) is 1. The minimum atomic E-state index is -0.824. The molecule has 2 saturated heterocycles. The molecule has 0 bridgehead atoms. The lowest BCUT2D eigenvalue weighted by Gasteiger charge is -2.32. The highest BCUT2D eigenvalue weighted by Gasteiger charge is 2.31. The first-order valence-corrected chi connectivity index (χ1v) is 7.32. The Hall–Kier alpha value is -1.14. The van der Waals surface area contributed by atoms with E-state index in [1.54, 1.807) is 11.8 Å². The first-order valence-electron chi connectivity index (χ1n) is 7.32. The fourth-order valence-corrected chi connectivity index (χ4v) is 2.73. The molecule has 20 heavy (non-hydrogen) atoms. The molecule has 0 aromatic heterocycles. The van der Waals surface area contributed by atoms with E-state index in [2.05, 4.69) is 0 Å². The van der Waals surface area contributed by atoms with Gasteiger partial charge in [0.1, 0.15) is 6.10 Å². The molecule has 3 atom stereocenters. The smallest absolute Gasteiger partial charge is 0.308 e. The van der Waals surface area contributed by atoms with E-state index in [1.165, 1.54) is 0 Å². The van der Waals surface area contributed by atoms with Gasteiger partial charge < -0.3 is 19.5 Å². The van der Waals surface area contributed by atoms with Gasteiger partial charge in [0.15, 0.2) is 0 Å². The van der Waals surface area contributed by atoms with Crippen molar-refractivity contribution >= 4 is 11.9 Å². The largest absolute Gasteiger partial charge is 0.481 e. The molecule has 0 unspecified atom stereocenters. The fourth-order valence-electron chi connectivity index (χ4n) is 2.73. The summed E-state index contributed by atoms with van der Waals surface area (Å²) in [4.78, 5) is 24.9. The van der Waals surface area contributed by atoms with Crippen molar-refractivity contribution in [3.8, 4) is 0 Å². The van der Waals surface area contributed by atoms with E-state index in [-0.39, 0.29) is 12.0 Å². The third kappa shape index (κ3) is 3.93. The minimum Gasteiger partial charge on any atom is -0.481 e. The number of carbonyl (C=O) groups excluding carboxylic acids is 1. The van der Waals surface area contributed by atoms with Crippen LogP contribution in [0.5, 0.6) is 0 Å². The second kappa shape index (κ2) is 7.04. The summed E-state index contributed by atoms with van der Waals surface area (Å²) in [6.45, 7) is 3.84. The van der Waals surface area contributed by atoms with Crippen LogP contribution in [0.25, 0.3) is 0 Å². The summed E-state index contributed by atoms with van der Waals surface area (Å²) >= 11 is 0. The van der Waals surface area contributed by atoms with E-state index in [0.29, 0.717) is 26.1 Å². The Morgan fingerprint density at radius 3 is 2.85 bits per heavy atom. The van der Waals surface area contributed by atoms with E-state index < -0.39 is 18.0 Å². The number of ether oxygens (including phenoxy) is 2. The van der Waals surface area contributed by atoms with Crippen LogP contribution in [0.15, 0.2) is 0 Å². The number of aliphatic carboxylic acids is 1. The molecule has 1 N–H and O–H groups in total. The zero-order chi connectivity index (χ0) is 14.5. The molecule has 0 radical (unpaired) electrons. The second-order valence-electron chi connectivity index (χ2n) is 5.57. The van der Waals surface area contributed by atoms with Crippen molar-refractivity contribution < 1.29 is 24.2 Å². The van der Waals surface area contributed by atoms with E-state index in [9.17, 15) is 9.59 Å². The summed E-state index contributed by atoms with van der Waals surface area (Å²) in [5, 5.41) is 9.04. The average Bonchev–Trinajstić information content (AvgIpc) is 2.97. The quantitative estimate of drug-likeness (QED) is 0.812. The van der Waals surface area contributed by atoms with Crippen LogP contribution in [0, 0.1) is 5.92 Å². The Morgan fingerprint density at radius 2 is 2.20 bits per heavy atom. The van der Waals surface area contributed by atoms with E-state index in [0.717, 1.165) is 25.9 Å². The number of hydrogen-bond donors (Lipinski definition) is 1. The molecular weight excluding hydrogens is 262 g/mol. The lowest BCUT2D eigenvalue weighted by atomic mass is 9.98. The molecule has 2 fully saturated rings. The Bertz CT molecular complexity index is 353. The van der Waals surface area contributed by atoms with Gasteiger partial charge >= 0.3 is 5.97 Å². The summed E-state index contributed by atoms with van der Waals surface area (Å²) in [7, 11) is 0. The number of hydrogen-bond acceptors (Lipinski definition) is 4. The Kier molecular flexibility index (Phi) is 5.37. The molecule has 114 valence electrons. The predicted molar refractivity (Wildman–Crippen MR) is 71.3 cm³/mol. The normalized spacial score (nSPS) is 28.4. The monoisotopic (exact) mass is 285 g/mol. The molecule has 2 rings (SSSR count). The van der Waals surface area contributed by atoms with Gasteiger partial charge in [0.05, 0.1) is 18.6 Å². The highest BCUT2D eigenvalue weighted by atomic mass is 16.5. The molecule has 0 saturated carbocycles. The summed E-state index contributed by atoms with van der Waals surface area (Å²) < 4.78 is 11.0. The number of nitrogens with zero attached hydrogens (tertiary/aromatic N) is 1. The van der Waals surface area contributed by atoms with Crippen molar-refractivity contribution in [2.24, 2.45) is 5.92 Å². The van der Waals surface area contributed by atoms with Crippen LogP contribution in [-0.2, 0) is 19.1 Å². The van der Waals surface area contributed by atoms with E-state index in [1.807, 2.05) is 0 Å². The number of piperidine rings is 1. The van der Waals surface area contributed by atoms with Crippen molar-refractivity contribution in [3.05, 3.63) is 0 Å². The predicted octanol–water partition coefficient (Wildman–Crippen LogP) is 0.894. The second-order valence-corrected chi connectivity index (χ2v) is 5.57. The molecule has 0 aromatic carbocycles. The van der Waals surface area contributed by atoms with Crippen LogP contribution in [0.3, 0.4) is 0 Å². The molecule has 2 aliphatic rings. The first-order chi connectivity index (χ1) is 9.58. The van der Waals surface area contributed by atoms with Crippen LogP contribution in [0.4, 0.5) is 0 Å². The lowest BCUT2D eigenvalue weighted by Crippen LogP contribution is -2.46. The van der Waals surface area contributed by atoms with Gasteiger partial charge in [-0.2, -0.15) is 0 Å². The van der Waals surface area contributed by atoms with Crippen LogP contribution in [0.1, 0.15) is 32.6 Å². The van der Waals surface area contributed by atoms with Crippen LogP contribution in [-0.4, -0.2) is 60.4 Å². The maximum atomic E-state index is 12.2. The summed E-state index contributed by atoms with van der Waals surface area (Å²) in [5.41, 5.74) is 0. The molecule has 0 aliphatic carbocycles. The maximum Gasteiger partial charge on any atom is 0.308 e. The molecule has 6 heteroatoms. The van der Waals surface area contributed by atoms with Gasteiger partial charge in [0.25, 0.3) is 5.91 Å². The molecule has 6 nitrogen and oxygen atoms in total. The summed E-state index contributed by atoms with van der Waals surface area (Å²) in [6, 6.07) is 0. The highest BCUT2D eigenvalue weighted by Crippen LogP contribution is 2.18. The van der Waals surface area contributed by atoms with Gasteiger partial charge in [-0.05, 0) is 32.6 Å². The summed E-state index contributed by atoms with van der Waals surface area (Å²) in [5.74, 6) is -1.39. The lowest BCUT2D eigenvalue weighted by molar-refractivity contribution is -0.151. The van der Waals surface area contributed by atoms with Crippen molar-refractivity contribution in [2.45, 2.75) is 44.8 Å².